The normalized spacial score (nSPS) is 3.50. The van der Waals surface area contributed by atoms with Crippen LogP contribution in [-0.2, 0) is 0 Å². The molecule has 0 bridgehead atoms. The van der Waals surface area contributed by atoms with Crippen LogP contribution in [0.1, 0.15) is 6.92 Å². The molecule has 0 aliphatic rings. The van der Waals surface area contributed by atoms with E-state index in [0.717, 1.165) is 0 Å². The largest absolute Gasteiger partial charge is 0.397 e. The number of aliphatic hydroxyl groups excluding tert-OH is 1. The van der Waals surface area contributed by atoms with Gasteiger partial charge >= 0.3 is 0 Å². The minimum atomic E-state index is 0.250. The van der Waals surface area contributed by atoms with Crippen LogP contribution in [0.3, 0.4) is 0 Å². The molecule has 1 N–H and O–H groups in total. The second kappa shape index (κ2) is 155. The maximum atomic E-state index is 7.57. The fourth-order valence-electron chi connectivity index (χ4n) is 0. The molecule has 0 amide bonds. The van der Waals surface area contributed by atoms with Crippen molar-refractivity contribution in [3.8, 4) is 0 Å². The molecule has 10 nitrogen and oxygen atoms in total. The first-order chi connectivity index (χ1) is 5.66. The summed E-state index contributed by atoms with van der Waals surface area (Å²) >= 11 is 0. The number of hydrogen-bond donors (Lipinski definition) is 1. The third-order valence-electron chi connectivity index (χ3n) is 0. The van der Waals surface area contributed by atoms with E-state index < -0.39 is 0 Å². The van der Waals surface area contributed by atoms with Crippen LogP contribution >= 0.6 is 0 Å². The van der Waals surface area contributed by atoms with Gasteiger partial charge in [0, 0.05) is 6.61 Å². The Bertz CT molecular complexity index is 115. The first-order valence-corrected chi connectivity index (χ1v) is 2.22. The van der Waals surface area contributed by atoms with Crippen molar-refractivity contribution >= 4 is 0 Å². The summed E-state index contributed by atoms with van der Waals surface area (Å²) in [5, 5.41) is 7.57. The van der Waals surface area contributed by atoms with Gasteiger partial charge in [-0.25, -0.2) is 0 Å². The lowest BCUT2D eigenvalue weighted by Crippen LogP contribution is -1.57. The zero-order valence-electron chi connectivity index (χ0n) is 6.18. The highest BCUT2D eigenvalue weighted by molar-refractivity contribution is 4.37. The molecular formula is C2H6N9O-3. The van der Waals surface area contributed by atoms with E-state index in [0.29, 0.717) is 0 Å². The molecule has 0 rings (SSSR count). The average Bonchev–Trinajstić information content (AvgIpc) is 1.92. The van der Waals surface area contributed by atoms with Crippen LogP contribution in [0, 0.1) is 0 Å². The Kier molecular flexibility index (Phi) is 291. The topological polar surface area (TPSA) is 196 Å². The molecule has 0 unspecified atom stereocenters. The molecule has 0 aliphatic heterocycles. The van der Waals surface area contributed by atoms with Crippen LogP contribution in [0.2, 0.25) is 0 Å². The Hall–Kier alpha value is -2.11. The Balaban J connectivity index is -0.0000000356. The van der Waals surface area contributed by atoms with Crippen molar-refractivity contribution in [2.75, 3.05) is 6.61 Å². The van der Waals surface area contributed by atoms with E-state index in [9.17, 15) is 0 Å². The van der Waals surface area contributed by atoms with Gasteiger partial charge in [0.1, 0.15) is 0 Å². The second-order valence-corrected chi connectivity index (χ2v) is 0.585. The minimum absolute atomic E-state index is 0.250. The van der Waals surface area contributed by atoms with E-state index in [1.54, 1.807) is 6.92 Å². The molecule has 0 aromatic carbocycles. The van der Waals surface area contributed by atoms with Crippen molar-refractivity contribution in [2.45, 2.75) is 6.92 Å². The average molecular weight is 172 g/mol. The van der Waals surface area contributed by atoms with Gasteiger partial charge < -0.3 is 38.3 Å². The van der Waals surface area contributed by atoms with Gasteiger partial charge in [0.15, 0.2) is 0 Å². The lowest BCUT2D eigenvalue weighted by atomic mass is 10.9. The van der Waals surface area contributed by atoms with Gasteiger partial charge in [0.2, 0.25) is 0 Å². The molecule has 0 radical (unpaired) electrons. The van der Waals surface area contributed by atoms with Crippen molar-refractivity contribution in [1.29, 1.82) is 0 Å². The van der Waals surface area contributed by atoms with Gasteiger partial charge in [-0.05, 0) is 6.92 Å². The van der Waals surface area contributed by atoms with E-state index in [2.05, 4.69) is 0 Å². The molecule has 0 spiro atoms. The Labute approximate surface area is 67.7 Å². The van der Waals surface area contributed by atoms with Gasteiger partial charge in [0.05, 0.1) is 0 Å². The van der Waals surface area contributed by atoms with Crippen LogP contribution in [0.5, 0.6) is 0 Å². The molecule has 0 atom stereocenters. The summed E-state index contributed by atoms with van der Waals surface area (Å²) in [5.41, 5.74) is 40.5. The highest BCUT2D eigenvalue weighted by Gasteiger charge is 1.34. The van der Waals surface area contributed by atoms with Crippen LogP contribution in [0.25, 0.3) is 47.9 Å². The van der Waals surface area contributed by atoms with Gasteiger partial charge in [0.25, 0.3) is 0 Å². The maximum Gasteiger partial charge on any atom is 0.0402 e. The van der Waals surface area contributed by atoms with E-state index in [-0.39, 0.29) is 6.61 Å². The van der Waals surface area contributed by atoms with Crippen LogP contribution in [0.4, 0.5) is 0 Å². The fourth-order valence-corrected chi connectivity index (χ4v) is 0. The monoisotopic (exact) mass is 172 g/mol. The predicted octanol–water partition coefficient (Wildman–Crippen LogP) is 2.60. The lowest BCUT2D eigenvalue weighted by Gasteiger charge is -1.52. The molecule has 12 heavy (non-hydrogen) atoms. The van der Waals surface area contributed by atoms with Crippen molar-refractivity contribution < 1.29 is 5.11 Å². The van der Waals surface area contributed by atoms with Crippen molar-refractivity contribution in [3.63, 3.8) is 0 Å². The molecule has 68 valence electrons. The number of rotatable bonds is 0. The molecule has 10 heteroatoms. The molecule has 0 saturated heterocycles. The Morgan fingerprint density at radius 3 is 0.833 bits per heavy atom. The Morgan fingerprint density at radius 2 is 0.833 bits per heavy atom. The predicted molar refractivity (Wildman–Crippen MR) is 43.0 cm³/mol. The summed E-state index contributed by atoms with van der Waals surface area (Å²) < 4.78 is 0. The first-order valence-electron chi connectivity index (χ1n) is 2.22. The van der Waals surface area contributed by atoms with Crippen molar-refractivity contribution in [1.82, 2.24) is 0 Å². The van der Waals surface area contributed by atoms with Gasteiger partial charge in [-0.3, -0.25) is 14.7 Å². The lowest BCUT2D eigenvalue weighted by molar-refractivity contribution is 0.318. The summed E-state index contributed by atoms with van der Waals surface area (Å²) in [7, 11) is 0. The molecule has 0 heterocycles. The number of aliphatic hydroxyl groups is 1. The van der Waals surface area contributed by atoms with Gasteiger partial charge in [-0.2, -0.15) is 0 Å². The zero-order valence-corrected chi connectivity index (χ0v) is 6.18. The third kappa shape index (κ3) is 84.1. The summed E-state index contributed by atoms with van der Waals surface area (Å²) in [6, 6.07) is 0. The van der Waals surface area contributed by atoms with Gasteiger partial charge in [-0.1, -0.05) is 0 Å². The summed E-state index contributed by atoms with van der Waals surface area (Å²) in [6.07, 6.45) is 0. The highest BCUT2D eigenvalue weighted by atomic mass is 16.2. The summed E-state index contributed by atoms with van der Waals surface area (Å²) in [6.45, 7) is 1.93. The first kappa shape index (κ1) is 22.5. The molecule has 0 fully saturated rings. The van der Waals surface area contributed by atoms with Crippen LogP contribution in [0.15, 0.2) is 0 Å². The zero-order chi connectivity index (χ0) is 10.8. The van der Waals surface area contributed by atoms with Gasteiger partial charge in [-0.15, -0.1) is 0 Å². The quantitative estimate of drug-likeness (QED) is 0.327. The van der Waals surface area contributed by atoms with E-state index in [1.165, 1.54) is 14.7 Å². The standard InChI is InChI=1S/C2H6O.3N3/c1-2-3;3*1-3-2/h3H,2H2,1H3;;;/q;3*-1. The Morgan fingerprint density at radius 1 is 0.833 bits per heavy atom. The minimum Gasteiger partial charge on any atom is -0.397 e. The van der Waals surface area contributed by atoms with E-state index >= 15 is 0 Å². The molecule has 0 aromatic rings. The summed E-state index contributed by atoms with van der Waals surface area (Å²) in [5.74, 6) is 0. The van der Waals surface area contributed by atoms with E-state index in [4.69, 9.17) is 38.3 Å². The van der Waals surface area contributed by atoms with Crippen LogP contribution < -0.4 is 0 Å². The molecule has 0 saturated carbocycles. The second-order valence-electron chi connectivity index (χ2n) is 0.585. The number of hydrogen-bond acceptors (Lipinski definition) is 1. The number of nitrogens with zero attached hydrogens (tertiary/aromatic N) is 9. The third-order valence-corrected chi connectivity index (χ3v) is 0. The van der Waals surface area contributed by atoms with E-state index in [1.807, 2.05) is 0 Å². The van der Waals surface area contributed by atoms with Crippen LogP contribution in [-0.4, -0.2) is 11.7 Å². The van der Waals surface area contributed by atoms with Crippen molar-refractivity contribution in [2.24, 2.45) is 0 Å². The molecular weight excluding hydrogens is 166 g/mol. The molecule has 0 aromatic heterocycles. The fraction of sp³-hybridized carbons (Fsp3) is 1.00. The SMILES string of the molecule is CCO.[N-]=[N+]=[N-].[N-]=[N+]=[N-].[N-]=[N+]=[N-]. The maximum absolute atomic E-state index is 7.57. The molecule has 0 aliphatic carbocycles. The van der Waals surface area contributed by atoms with Crippen molar-refractivity contribution in [3.05, 3.63) is 47.9 Å². The highest BCUT2D eigenvalue weighted by Crippen LogP contribution is 1.30. The smallest absolute Gasteiger partial charge is 0.0402 e. The summed E-state index contributed by atoms with van der Waals surface area (Å²) in [4.78, 5) is 4.50.